The van der Waals surface area contributed by atoms with Crippen LogP contribution in [-0.4, -0.2) is 37.2 Å². The molecule has 0 saturated carbocycles. The first-order chi connectivity index (χ1) is 6.77. The van der Waals surface area contributed by atoms with E-state index in [0.717, 1.165) is 12.3 Å². The van der Waals surface area contributed by atoms with Crippen LogP contribution in [-0.2, 0) is 15.5 Å². The Hall–Kier alpha value is -0.915. The molecule has 0 aliphatic rings. The van der Waals surface area contributed by atoms with Crippen LogP contribution in [0.1, 0.15) is 12.6 Å². The Morgan fingerprint density at radius 1 is 1.53 bits per heavy atom. The molecule has 0 bridgehead atoms. The van der Waals surface area contributed by atoms with Crippen molar-refractivity contribution in [1.82, 2.24) is 4.98 Å². The zero-order valence-electron chi connectivity index (χ0n) is 8.08. The van der Waals surface area contributed by atoms with Gasteiger partial charge >= 0.3 is 0 Å². The molecule has 0 aliphatic carbocycles. The maximum absolute atomic E-state index is 11.4. The van der Waals surface area contributed by atoms with Crippen LogP contribution in [0.5, 0.6) is 0 Å². The van der Waals surface area contributed by atoms with E-state index in [1.165, 1.54) is 13.0 Å². The summed E-state index contributed by atoms with van der Waals surface area (Å²) < 4.78 is 22.9. The molecule has 0 saturated heterocycles. The highest BCUT2D eigenvalue weighted by Gasteiger charge is 2.22. The highest BCUT2D eigenvalue weighted by molar-refractivity contribution is 7.91. The van der Waals surface area contributed by atoms with Crippen LogP contribution in [0.2, 0.25) is 0 Å². The van der Waals surface area contributed by atoms with E-state index in [4.69, 9.17) is 18.1 Å². The fourth-order valence-electron chi connectivity index (χ4n) is 0.972. The van der Waals surface area contributed by atoms with Crippen molar-refractivity contribution in [2.24, 2.45) is 0 Å². The minimum Gasteiger partial charge on any atom is -0.369 e. The van der Waals surface area contributed by atoms with Gasteiger partial charge in [-0.3, -0.25) is 4.98 Å². The molecule has 1 aromatic heterocycles. The quantitative estimate of drug-likeness (QED) is 0.518. The Labute approximate surface area is 89.1 Å². The van der Waals surface area contributed by atoms with Gasteiger partial charge in [-0.15, -0.1) is 0 Å². The fourth-order valence-corrected chi connectivity index (χ4v) is 1.87. The molecule has 2 N–H and O–H groups in total. The number of rotatable bonds is 3. The first kappa shape index (κ1) is 12.2. The van der Waals surface area contributed by atoms with Crippen molar-refractivity contribution in [1.29, 1.82) is 0 Å². The second-order valence-electron chi connectivity index (χ2n) is 3.01. The van der Waals surface area contributed by atoms with Gasteiger partial charge in [0, 0.05) is 6.20 Å². The molecule has 0 aliphatic heterocycles. The van der Waals surface area contributed by atoms with Gasteiger partial charge in [0.15, 0.2) is 23.4 Å². The predicted molar refractivity (Wildman–Crippen MR) is 53.8 cm³/mol. The highest BCUT2D eigenvalue weighted by atomic mass is 32.2. The third-order valence-corrected chi connectivity index (χ3v) is 3.58. The maximum Gasteiger partial charge on any atom is 0.178 e. The zero-order valence-corrected chi connectivity index (χ0v) is 8.90. The summed E-state index contributed by atoms with van der Waals surface area (Å²) in [5.41, 5.74) is -2.93. The van der Waals surface area contributed by atoms with Gasteiger partial charge in [-0.1, -0.05) is 6.92 Å². The molecule has 1 aromatic rings. The second-order valence-corrected chi connectivity index (χ2v) is 5.28. The second kappa shape index (κ2) is 3.92. The molecule has 0 unspecified atom stereocenters. The number of sulfone groups is 1. The highest BCUT2D eigenvalue weighted by Crippen LogP contribution is 2.16. The van der Waals surface area contributed by atoms with E-state index >= 15 is 0 Å². The molecule has 0 spiro atoms. The van der Waals surface area contributed by atoms with Gasteiger partial charge in [0.25, 0.3) is 0 Å². The van der Waals surface area contributed by atoms with Crippen LogP contribution in [0, 0.1) is 0 Å². The SMILES string of the molecule is [B]C(O)(O)c1cc(S(=O)(=O)CC)ccn1. The third-order valence-electron chi connectivity index (χ3n) is 1.85. The number of aromatic nitrogens is 1. The molecule has 2 radical (unpaired) electrons. The van der Waals surface area contributed by atoms with Crippen molar-refractivity contribution in [3.8, 4) is 0 Å². The Kier molecular flexibility index (Phi) is 3.18. The summed E-state index contributed by atoms with van der Waals surface area (Å²) in [6.07, 6.45) is 1.16. The van der Waals surface area contributed by atoms with Crippen molar-refractivity contribution in [3.63, 3.8) is 0 Å². The lowest BCUT2D eigenvalue weighted by molar-refractivity contribution is -0.0945. The Morgan fingerprint density at radius 2 is 2.13 bits per heavy atom. The number of hydrogen-bond acceptors (Lipinski definition) is 5. The lowest BCUT2D eigenvalue weighted by atomic mass is 9.91. The van der Waals surface area contributed by atoms with Gasteiger partial charge in [-0.05, 0) is 12.1 Å². The summed E-state index contributed by atoms with van der Waals surface area (Å²) in [6.45, 7) is 1.49. The Balaban J connectivity index is 3.27. The van der Waals surface area contributed by atoms with Gasteiger partial charge in [-0.2, -0.15) is 0 Å². The molecular formula is C8H10BNO4S. The molecule has 0 fully saturated rings. The van der Waals surface area contributed by atoms with Crippen molar-refractivity contribution in [3.05, 3.63) is 24.0 Å². The lowest BCUT2D eigenvalue weighted by Crippen LogP contribution is -2.26. The van der Waals surface area contributed by atoms with Gasteiger partial charge in [0.2, 0.25) is 0 Å². The topological polar surface area (TPSA) is 87.5 Å². The number of hydrogen-bond donors (Lipinski definition) is 2. The van der Waals surface area contributed by atoms with Crippen LogP contribution < -0.4 is 0 Å². The minimum absolute atomic E-state index is 0.0343. The number of aliphatic hydroxyl groups is 2. The summed E-state index contributed by atoms with van der Waals surface area (Å²) >= 11 is 0. The van der Waals surface area contributed by atoms with Crippen LogP contribution in [0.3, 0.4) is 0 Å². The van der Waals surface area contributed by atoms with Gasteiger partial charge in [0.05, 0.1) is 16.3 Å². The zero-order chi connectivity index (χ0) is 11.7. The van der Waals surface area contributed by atoms with E-state index in [1.807, 2.05) is 0 Å². The van der Waals surface area contributed by atoms with Crippen LogP contribution in [0.25, 0.3) is 0 Å². The monoisotopic (exact) mass is 227 g/mol. The summed E-state index contributed by atoms with van der Waals surface area (Å²) in [6, 6.07) is 2.31. The fraction of sp³-hybridized carbons (Fsp3) is 0.375. The Bertz CT molecular complexity index is 452. The van der Waals surface area contributed by atoms with Crippen LogP contribution >= 0.6 is 0 Å². The van der Waals surface area contributed by atoms with Crippen molar-refractivity contribution in [2.45, 2.75) is 17.5 Å². The predicted octanol–water partition coefficient (Wildman–Crippen LogP) is -0.861. The summed E-state index contributed by atoms with van der Waals surface area (Å²) in [5.74, 6) is -0.0785. The standard InChI is InChI=1S/C8H10BNO4S/c1-2-15(13,14)6-3-4-10-7(5-6)8(9,11)12/h3-5,11-12H,2H2,1H3. The molecule has 1 rings (SSSR count). The van der Waals surface area contributed by atoms with Crippen molar-refractivity contribution >= 4 is 17.7 Å². The first-order valence-corrected chi connectivity index (χ1v) is 5.85. The average Bonchev–Trinajstić information content (AvgIpc) is 2.17. The van der Waals surface area contributed by atoms with Gasteiger partial charge in [-0.25, -0.2) is 8.42 Å². The first-order valence-electron chi connectivity index (χ1n) is 4.20. The van der Waals surface area contributed by atoms with E-state index < -0.39 is 15.5 Å². The Morgan fingerprint density at radius 3 is 2.60 bits per heavy atom. The van der Waals surface area contributed by atoms with E-state index in [1.54, 1.807) is 0 Å². The molecule has 0 atom stereocenters. The van der Waals surface area contributed by atoms with E-state index in [2.05, 4.69) is 4.98 Å². The average molecular weight is 227 g/mol. The molecular weight excluding hydrogens is 217 g/mol. The maximum atomic E-state index is 11.4. The summed E-state index contributed by atoms with van der Waals surface area (Å²) in [4.78, 5) is 3.53. The number of pyridine rings is 1. The lowest BCUT2D eigenvalue weighted by Gasteiger charge is -2.16. The van der Waals surface area contributed by atoms with Crippen LogP contribution in [0.4, 0.5) is 0 Å². The van der Waals surface area contributed by atoms with E-state index in [-0.39, 0.29) is 16.3 Å². The normalized spacial score (nSPS) is 12.7. The third kappa shape index (κ3) is 2.77. The molecule has 1 heterocycles. The molecule has 7 heteroatoms. The molecule has 0 aromatic carbocycles. The molecule has 15 heavy (non-hydrogen) atoms. The van der Waals surface area contributed by atoms with Gasteiger partial charge < -0.3 is 10.2 Å². The number of nitrogens with zero attached hydrogens (tertiary/aromatic N) is 1. The van der Waals surface area contributed by atoms with E-state index in [9.17, 15) is 8.42 Å². The minimum atomic E-state index is -3.40. The van der Waals surface area contributed by atoms with Crippen LogP contribution in [0.15, 0.2) is 23.2 Å². The van der Waals surface area contributed by atoms with Gasteiger partial charge in [0.1, 0.15) is 0 Å². The summed E-state index contributed by atoms with van der Waals surface area (Å²) in [7, 11) is 1.57. The largest absolute Gasteiger partial charge is 0.369 e. The van der Waals surface area contributed by atoms with Crippen molar-refractivity contribution in [2.75, 3.05) is 5.75 Å². The molecule has 5 nitrogen and oxygen atoms in total. The molecule has 80 valence electrons. The van der Waals surface area contributed by atoms with E-state index in [0.29, 0.717) is 0 Å². The molecule has 0 amide bonds. The summed E-state index contributed by atoms with van der Waals surface area (Å²) in [5, 5.41) is 18.1. The smallest absolute Gasteiger partial charge is 0.178 e. The van der Waals surface area contributed by atoms with Crippen molar-refractivity contribution < 1.29 is 18.6 Å².